The van der Waals surface area contributed by atoms with Crippen molar-refractivity contribution < 1.29 is 0 Å². The van der Waals surface area contributed by atoms with Gasteiger partial charge in [-0.2, -0.15) is 15.5 Å². The van der Waals surface area contributed by atoms with Crippen molar-refractivity contribution in [3.8, 4) is 17.2 Å². The van der Waals surface area contributed by atoms with Gasteiger partial charge in [-0.1, -0.05) is 36.4 Å². The second kappa shape index (κ2) is 6.17. The summed E-state index contributed by atoms with van der Waals surface area (Å²) in [6, 6.07) is 16.7. The Morgan fingerprint density at radius 2 is 1.52 bits per heavy atom. The Labute approximate surface area is 158 Å². The van der Waals surface area contributed by atoms with E-state index in [4.69, 9.17) is 5.26 Å². The van der Waals surface area contributed by atoms with E-state index in [2.05, 4.69) is 52.7 Å². The molecule has 0 aliphatic heterocycles. The van der Waals surface area contributed by atoms with Crippen LogP contribution in [0.4, 0.5) is 0 Å². The van der Waals surface area contributed by atoms with Crippen molar-refractivity contribution in [2.24, 2.45) is 5.41 Å². The number of aromatic nitrogens is 2. The van der Waals surface area contributed by atoms with Gasteiger partial charge in [0, 0.05) is 5.41 Å². The second-order valence-electron chi connectivity index (χ2n) is 7.60. The topological polar surface area (TPSA) is 49.6 Å². The van der Waals surface area contributed by atoms with Crippen LogP contribution in [0.5, 0.6) is 0 Å². The highest BCUT2D eigenvalue weighted by Crippen LogP contribution is 2.38. The van der Waals surface area contributed by atoms with Crippen LogP contribution in [0.15, 0.2) is 54.9 Å². The van der Waals surface area contributed by atoms with Crippen LogP contribution in [-0.4, -0.2) is 10.2 Å². The van der Waals surface area contributed by atoms with Gasteiger partial charge in [0.25, 0.3) is 0 Å². The Morgan fingerprint density at radius 1 is 0.815 bits per heavy atom. The van der Waals surface area contributed by atoms with Gasteiger partial charge < -0.3 is 0 Å². The SMILES string of the molecule is N#Cc1cccc(-c2ccc3c(c2)=CC2(C=3)CCc3cnncc3CC2)c1. The highest BCUT2D eigenvalue weighted by atomic mass is 15.1. The van der Waals surface area contributed by atoms with Gasteiger partial charge in [0.2, 0.25) is 0 Å². The maximum atomic E-state index is 9.16. The molecule has 0 radical (unpaired) electrons. The van der Waals surface area contributed by atoms with Gasteiger partial charge in [0.05, 0.1) is 24.0 Å². The van der Waals surface area contributed by atoms with E-state index in [1.807, 2.05) is 30.6 Å². The second-order valence-corrected chi connectivity index (χ2v) is 7.60. The van der Waals surface area contributed by atoms with Crippen LogP contribution < -0.4 is 10.4 Å². The summed E-state index contributed by atoms with van der Waals surface area (Å²) < 4.78 is 0. The fourth-order valence-electron chi connectivity index (χ4n) is 4.41. The van der Waals surface area contributed by atoms with Crippen molar-refractivity contribution in [3.63, 3.8) is 0 Å². The average Bonchev–Trinajstić information content (AvgIpc) is 2.99. The van der Waals surface area contributed by atoms with Crippen LogP contribution in [0.3, 0.4) is 0 Å². The molecular formula is C24H19N3. The van der Waals surface area contributed by atoms with Crippen LogP contribution >= 0.6 is 0 Å². The third-order valence-corrected chi connectivity index (χ3v) is 5.92. The molecule has 0 N–H and O–H groups in total. The molecular weight excluding hydrogens is 330 g/mol. The van der Waals surface area contributed by atoms with Gasteiger partial charge >= 0.3 is 0 Å². The van der Waals surface area contributed by atoms with E-state index in [1.165, 1.54) is 21.6 Å². The fraction of sp³-hybridized carbons (Fsp3) is 0.208. The van der Waals surface area contributed by atoms with Crippen LogP contribution in [0.1, 0.15) is 29.5 Å². The summed E-state index contributed by atoms with van der Waals surface area (Å²) in [5, 5.41) is 19.9. The molecule has 3 aromatic rings. The van der Waals surface area contributed by atoms with Gasteiger partial charge in [0.15, 0.2) is 0 Å². The van der Waals surface area contributed by atoms with Crippen molar-refractivity contribution in [3.05, 3.63) is 82.0 Å². The first-order valence-corrected chi connectivity index (χ1v) is 9.40. The van der Waals surface area contributed by atoms with Crippen LogP contribution in [0.25, 0.3) is 23.3 Å². The Morgan fingerprint density at radius 3 is 2.26 bits per heavy atom. The largest absolute Gasteiger partial charge is 0.192 e. The van der Waals surface area contributed by atoms with Gasteiger partial charge in [-0.15, -0.1) is 0 Å². The summed E-state index contributed by atoms with van der Waals surface area (Å²) >= 11 is 0. The molecule has 1 aromatic heterocycles. The number of nitrogens with zero attached hydrogens (tertiary/aromatic N) is 3. The zero-order valence-electron chi connectivity index (χ0n) is 15.0. The molecule has 2 aromatic carbocycles. The summed E-state index contributed by atoms with van der Waals surface area (Å²) in [4.78, 5) is 0. The lowest BCUT2D eigenvalue weighted by molar-refractivity contribution is 0.491. The van der Waals surface area contributed by atoms with Crippen LogP contribution in [0.2, 0.25) is 0 Å². The van der Waals surface area contributed by atoms with E-state index in [-0.39, 0.29) is 5.41 Å². The third-order valence-electron chi connectivity index (χ3n) is 5.92. The summed E-state index contributed by atoms with van der Waals surface area (Å²) in [5.74, 6) is 0. The Bertz CT molecular complexity index is 1170. The van der Waals surface area contributed by atoms with E-state index >= 15 is 0 Å². The number of hydrogen-bond donors (Lipinski definition) is 0. The van der Waals surface area contributed by atoms with Crippen molar-refractivity contribution >= 4 is 12.2 Å². The number of hydrogen-bond acceptors (Lipinski definition) is 3. The molecule has 27 heavy (non-hydrogen) atoms. The zero-order valence-corrected chi connectivity index (χ0v) is 15.0. The average molecular weight is 349 g/mol. The Hall–Kier alpha value is -3.25. The molecule has 0 amide bonds. The summed E-state index contributed by atoms with van der Waals surface area (Å²) in [7, 11) is 0. The lowest BCUT2D eigenvalue weighted by Crippen LogP contribution is -2.20. The summed E-state index contributed by atoms with van der Waals surface area (Å²) in [5.41, 5.74) is 5.76. The molecule has 0 bridgehead atoms. The van der Waals surface area contributed by atoms with E-state index in [1.54, 1.807) is 0 Å². The molecule has 0 atom stereocenters. The molecule has 0 unspecified atom stereocenters. The molecule has 3 nitrogen and oxygen atoms in total. The summed E-state index contributed by atoms with van der Waals surface area (Å²) in [6.07, 6.45) is 13.1. The Balaban J connectivity index is 1.52. The number of nitriles is 1. The smallest absolute Gasteiger partial charge is 0.0991 e. The molecule has 130 valence electrons. The minimum absolute atomic E-state index is 0.120. The standard InChI is InChI=1S/C24H19N3/c25-14-17-2-1-3-18(10-17)19-4-5-20-12-24(13-23(20)11-19)8-6-21-15-26-27-16-22(21)7-9-24/h1-5,10-13,15-16H,6-9H2. The zero-order chi connectivity index (χ0) is 18.3. The molecule has 1 heterocycles. The molecule has 0 saturated heterocycles. The van der Waals surface area contributed by atoms with Crippen molar-refractivity contribution in [1.29, 1.82) is 5.26 Å². The predicted octanol–water partition coefficient (Wildman–Crippen LogP) is 3.16. The van der Waals surface area contributed by atoms with E-state index in [9.17, 15) is 0 Å². The maximum absolute atomic E-state index is 9.16. The molecule has 2 aliphatic carbocycles. The molecule has 3 heteroatoms. The van der Waals surface area contributed by atoms with Crippen molar-refractivity contribution in [2.75, 3.05) is 0 Å². The Kier molecular flexibility index (Phi) is 3.65. The molecule has 0 fully saturated rings. The number of aryl methyl sites for hydroxylation is 2. The van der Waals surface area contributed by atoms with Crippen LogP contribution in [0, 0.1) is 16.7 Å². The first-order valence-electron chi connectivity index (χ1n) is 9.40. The third kappa shape index (κ3) is 2.84. The fourth-order valence-corrected chi connectivity index (χ4v) is 4.41. The van der Waals surface area contributed by atoms with Crippen molar-refractivity contribution in [2.45, 2.75) is 25.7 Å². The highest BCUT2D eigenvalue weighted by Gasteiger charge is 2.30. The molecule has 2 aliphatic rings. The predicted molar refractivity (Wildman–Crippen MR) is 106 cm³/mol. The normalized spacial score (nSPS) is 16.4. The molecule has 1 spiro atoms. The number of benzene rings is 2. The van der Waals surface area contributed by atoms with Crippen molar-refractivity contribution in [1.82, 2.24) is 10.2 Å². The maximum Gasteiger partial charge on any atom is 0.0991 e. The van der Waals surface area contributed by atoms with Crippen LogP contribution in [-0.2, 0) is 12.8 Å². The van der Waals surface area contributed by atoms with Gasteiger partial charge in [-0.05, 0) is 76.6 Å². The minimum Gasteiger partial charge on any atom is -0.192 e. The monoisotopic (exact) mass is 349 g/mol. The van der Waals surface area contributed by atoms with E-state index in [0.717, 1.165) is 36.8 Å². The van der Waals surface area contributed by atoms with E-state index in [0.29, 0.717) is 5.56 Å². The minimum atomic E-state index is 0.120. The van der Waals surface area contributed by atoms with Gasteiger partial charge in [-0.25, -0.2) is 0 Å². The molecule has 5 rings (SSSR count). The van der Waals surface area contributed by atoms with Gasteiger partial charge in [0.1, 0.15) is 0 Å². The lowest BCUT2D eigenvalue weighted by Gasteiger charge is -2.22. The highest BCUT2D eigenvalue weighted by molar-refractivity contribution is 5.68. The first kappa shape index (κ1) is 16.0. The van der Waals surface area contributed by atoms with E-state index < -0.39 is 0 Å². The summed E-state index contributed by atoms with van der Waals surface area (Å²) in [6.45, 7) is 0. The molecule has 0 saturated carbocycles. The lowest BCUT2D eigenvalue weighted by atomic mass is 9.81. The quantitative estimate of drug-likeness (QED) is 0.678. The van der Waals surface area contributed by atoms with Gasteiger partial charge in [-0.3, -0.25) is 0 Å². The number of fused-ring (bicyclic) bond motifs is 2. The first-order chi connectivity index (χ1) is 13.2. The number of rotatable bonds is 1.